The van der Waals surface area contributed by atoms with Crippen molar-refractivity contribution in [3.8, 4) is 16.9 Å². The van der Waals surface area contributed by atoms with E-state index in [1.54, 1.807) is 25.1 Å². The molecule has 2 nitrogen and oxygen atoms in total. The summed E-state index contributed by atoms with van der Waals surface area (Å²) in [6, 6.07) is 8.51. The van der Waals surface area contributed by atoms with Gasteiger partial charge in [-0.05, 0) is 53.9 Å². The summed E-state index contributed by atoms with van der Waals surface area (Å²) in [7, 11) is 0. The molecule has 0 atom stereocenters. The van der Waals surface area contributed by atoms with Crippen LogP contribution in [0.4, 0.5) is 13.2 Å². The van der Waals surface area contributed by atoms with Crippen molar-refractivity contribution in [3.63, 3.8) is 0 Å². The molecule has 0 spiro atoms. The number of aldehydes is 1. The van der Waals surface area contributed by atoms with E-state index in [2.05, 4.69) is 4.74 Å². The van der Waals surface area contributed by atoms with Crippen molar-refractivity contribution in [1.29, 1.82) is 0 Å². The van der Waals surface area contributed by atoms with E-state index in [9.17, 15) is 18.0 Å². The smallest absolute Gasteiger partial charge is 0.406 e. The number of alkyl halides is 3. The average Bonchev–Trinajstić information content (AvgIpc) is 2.37. The Labute approximate surface area is 124 Å². The van der Waals surface area contributed by atoms with Gasteiger partial charge in [0, 0.05) is 10.6 Å². The fraction of sp³-hybridized carbons (Fsp3) is 0.133. The third-order valence-electron chi connectivity index (χ3n) is 2.86. The molecule has 2 aromatic carbocycles. The van der Waals surface area contributed by atoms with Crippen LogP contribution >= 0.6 is 11.6 Å². The number of benzene rings is 2. The van der Waals surface area contributed by atoms with Gasteiger partial charge in [0.2, 0.25) is 0 Å². The molecule has 0 bridgehead atoms. The van der Waals surface area contributed by atoms with Crippen LogP contribution in [0, 0.1) is 6.92 Å². The highest BCUT2D eigenvalue weighted by atomic mass is 35.5. The Morgan fingerprint density at radius 2 is 1.81 bits per heavy atom. The molecule has 0 amide bonds. The Morgan fingerprint density at radius 1 is 1.10 bits per heavy atom. The Kier molecular flexibility index (Phi) is 4.23. The summed E-state index contributed by atoms with van der Waals surface area (Å²) in [5, 5.41) is 0.506. The van der Waals surface area contributed by atoms with Crippen molar-refractivity contribution in [2.75, 3.05) is 0 Å². The number of carbonyl (C=O) groups is 1. The first-order valence-electron chi connectivity index (χ1n) is 5.91. The number of hydrogen-bond donors (Lipinski definition) is 0. The molecule has 0 unspecified atom stereocenters. The zero-order valence-corrected chi connectivity index (χ0v) is 11.6. The van der Waals surface area contributed by atoms with Crippen molar-refractivity contribution in [2.45, 2.75) is 13.3 Å². The second kappa shape index (κ2) is 5.77. The highest BCUT2D eigenvalue weighted by molar-refractivity contribution is 6.30. The van der Waals surface area contributed by atoms with Crippen LogP contribution in [0.3, 0.4) is 0 Å². The van der Waals surface area contributed by atoms with Crippen molar-refractivity contribution >= 4 is 17.9 Å². The predicted molar refractivity (Wildman–Crippen MR) is 73.7 cm³/mol. The minimum Gasteiger partial charge on any atom is -0.406 e. The standard InChI is InChI=1S/C15H10ClF3O2/c1-9-6-11(16)3-5-13(9)14-7-12(21-15(17,18)19)4-2-10(14)8-20/h2-8H,1H3. The SMILES string of the molecule is Cc1cc(Cl)ccc1-c1cc(OC(F)(F)F)ccc1C=O. The highest BCUT2D eigenvalue weighted by Crippen LogP contribution is 2.33. The molecule has 2 aromatic rings. The molecular weight excluding hydrogens is 305 g/mol. The van der Waals surface area contributed by atoms with E-state index < -0.39 is 6.36 Å². The lowest BCUT2D eigenvalue weighted by Gasteiger charge is -2.13. The fourth-order valence-electron chi connectivity index (χ4n) is 2.00. The van der Waals surface area contributed by atoms with Gasteiger partial charge < -0.3 is 4.74 Å². The molecule has 0 saturated heterocycles. The molecule has 0 radical (unpaired) electrons. The van der Waals surface area contributed by atoms with Gasteiger partial charge in [-0.25, -0.2) is 0 Å². The van der Waals surface area contributed by atoms with E-state index in [1.165, 1.54) is 12.1 Å². The summed E-state index contributed by atoms with van der Waals surface area (Å²) in [6.45, 7) is 1.76. The molecule has 6 heteroatoms. The van der Waals surface area contributed by atoms with E-state index in [-0.39, 0.29) is 11.3 Å². The molecule has 21 heavy (non-hydrogen) atoms. The number of aryl methyl sites for hydroxylation is 1. The predicted octanol–water partition coefficient (Wildman–Crippen LogP) is 5.03. The highest BCUT2D eigenvalue weighted by Gasteiger charge is 2.31. The minimum atomic E-state index is -4.78. The first-order chi connectivity index (χ1) is 9.80. The molecule has 0 aliphatic carbocycles. The quantitative estimate of drug-likeness (QED) is 0.743. The molecule has 0 saturated carbocycles. The second-order valence-electron chi connectivity index (χ2n) is 4.37. The van der Waals surface area contributed by atoms with Crippen LogP contribution in [-0.4, -0.2) is 12.6 Å². The molecule has 2 rings (SSSR count). The normalized spacial score (nSPS) is 11.3. The van der Waals surface area contributed by atoms with Gasteiger partial charge in [0.1, 0.15) is 5.75 Å². The number of hydrogen-bond acceptors (Lipinski definition) is 2. The Bertz CT molecular complexity index is 681. The van der Waals surface area contributed by atoms with Crippen LogP contribution in [0.15, 0.2) is 36.4 Å². The summed E-state index contributed by atoms with van der Waals surface area (Å²) >= 11 is 5.85. The van der Waals surface area contributed by atoms with Gasteiger partial charge in [0.15, 0.2) is 6.29 Å². The van der Waals surface area contributed by atoms with Gasteiger partial charge in [0.25, 0.3) is 0 Å². The third-order valence-corrected chi connectivity index (χ3v) is 3.10. The third kappa shape index (κ3) is 3.76. The van der Waals surface area contributed by atoms with Gasteiger partial charge in [-0.1, -0.05) is 17.7 Å². The number of halogens is 4. The maximum absolute atomic E-state index is 12.3. The lowest BCUT2D eigenvalue weighted by molar-refractivity contribution is -0.274. The second-order valence-corrected chi connectivity index (χ2v) is 4.81. The first-order valence-corrected chi connectivity index (χ1v) is 6.29. The van der Waals surface area contributed by atoms with Crippen LogP contribution in [0.2, 0.25) is 5.02 Å². The molecule has 0 aliphatic rings. The van der Waals surface area contributed by atoms with Crippen LogP contribution < -0.4 is 4.74 Å². The average molecular weight is 315 g/mol. The monoisotopic (exact) mass is 314 g/mol. The number of rotatable bonds is 3. The van der Waals surface area contributed by atoms with E-state index in [0.717, 1.165) is 11.6 Å². The van der Waals surface area contributed by atoms with Crippen LogP contribution in [0.5, 0.6) is 5.75 Å². The van der Waals surface area contributed by atoms with E-state index in [4.69, 9.17) is 11.6 Å². The molecule has 0 fully saturated rings. The van der Waals surface area contributed by atoms with Gasteiger partial charge in [-0.15, -0.1) is 13.2 Å². The maximum Gasteiger partial charge on any atom is 0.573 e. The fourth-order valence-corrected chi connectivity index (χ4v) is 2.22. The molecule has 0 aliphatic heterocycles. The first kappa shape index (κ1) is 15.4. The largest absolute Gasteiger partial charge is 0.573 e. The maximum atomic E-state index is 12.3. The van der Waals surface area contributed by atoms with Gasteiger partial charge >= 0.3 is 6.36 Å². The van der Waals surface area contributed by atoms with Gasteiger partial charge in [-0.2, -0.15) is 0 Å². The Balaban J connectivity index is 2.54. The van der Waals surface area contributed by atoms with E-state index >= 15 is 0 Å². The van der Waals surface area contributed by atoms with E-state index in [0.29, 0.717) is 22.4 Å². The Hall–Kier alpha value is -2.01. The van der Waals surface area contributed by atoms with Crippen molar-refractivity contribution in [1.82, 2.24) is 0 Å². The summed E-state index contributed by atoms with van der Waals surface area (Å²) in [5.74, 6) is -0.377. The summed E-state index contributed by atoms with van der Waals surface area (Å²) in [4.78, 5) is 11.1. The lowest BCUT2D eigenvalue weighted by atomic mass is 9.96. The van der Waals surface area contributed by atoms with Gasteiger partial charge in [-0.3, -0.25) is 4.79 Å². The zero-order chi connectivity index (χ0) is 15.6. The van der Waals surface area contributed by atoms with Crippen LogP contribution in [-0.2, 0) is 0 Å². The number of carbonyl (C=O) groups excluding carboxylic acids is 1. The zero-order valence-electron chi connectivity index (χ0n) is 10.9. The summed E-state index contributed by atoms with van der Waals surface area (Å²) in [5.41, 5.74) is 2.00. The molecule has 0 heterocycles. The van der Waals surface area contributed by atoms with Crippen molar-refractivity contribution in [2.24, 2.45) is 0 Å². The molecular formula is C15H10ClF3O2. The Morgan fingerprint density at radius 3 is 2.38 bits per heavy atom. The van der Waals surface area contributed by atoms with Crippen molar-refractivity contribution < 1.29 is 22.7 Å². The number of ether oxygens (including phenoxy) is 1. The van der Waals surface area contributed by atoms with Crippen LogP contribution in [0.1, 0.15) is 15.9 Å². The molecule has 0 aromatic heterocycles. The molecule has 0 N–H and O–H groups in total. The summed E-state index contributed by atoms with van der Waals surface area (Å²) < 4.78 is 40.7. The molecule has 110 valence electrons. The minimum absolute atomic E-state index is 0.273. The van der Waals surface area contributed by atoms with Crippen molar-refractivity contribution in [3.05, 3.63) is 52.5 Å². The lowest BCUT2D eigenvalue weighted by Crippen LogP contribution is -2.17. The topological polar surface area (TPSA) is 26.3 Å². The van der Waals surface area contributed by atoms with Crippen LogP contribution in [0.25, 0.3) is 11.1 Å². The van der Waals surface area contributed by atoms with Gasteiger partial charge in [0.05, 0.1) is 0 Å². The van der Waals surface area contributed by atoms with E-state index in [1.807, 2.05) is 0 Å². The summed E-state index contributed by atoms with van der Waals surface area (Å²) in [6.07, 6.45) is -4.20.